The monoisotopic (exact) mass is 348 g/mol. The van der Waals surface area contributed by atoms with E-state index in [4.69, 9.17) is 18.9 Å². The topological polar surface area (TPSA) is 162 Å². The van der Waals surface area contributed by atoms with Crippen LogP contribution in [0.2, 0.25) is 0 Å². The molecule has 3 heterocycles. The summed E-state index contributed by atoms with van der Waals surface area (Å²) in [6.45, 7) is -0.587. The minimum Gasteiger partial charge on any atom is -0.472 e. The van der Waals surface area contributed by atoms with Crippen LogP contribution in [0.25, 0.3) is 0 Å². The molecule has 1 aliphatic carbocycles. The molecule has 4 rings (SSSR count). The summed E-state index contributed by atoms with van der Waals surface area (Å²) < 4.78 is 21.4. The molecule has 0 amide bonds. The van der Waals surface area contributed by atoms with E-state index in [1.54, 1.807) is 0 Å². The molecule has 0 radical (unpaired) electrons. The normalized spacial score (nSPS) is 58.8. The molecule has 24 heavy (non-hydrogen) atoms. The molecule has 0 bridgehead atoms. The first kappa shape index (κ1) is 16.6. The molecular formula is C14H20O10. The Balaban J connectivity index is 1.52. The molecule has 4 aliphatic rings. The highest BCUT2D eigenvalue weighted by Crippen LogP contribution is 2.53. The molecule has 0 aromatic heterocycles. The zero-order valence-electron chi connectivity index (χ0n) is 12.5. The van der Waals surface area contributed by atoms with Gasteiger partial charge in [-0.25, -0.2) is 0 Å². The third kappa shape index (κ3) is 2.23. The van der Waals surface area contributed by atoms with E-state index >= 15 is 0 Å². The van der Waals surface area contributed by atoms with Crippen molar-refractivity contribution in [1.29, 1.82) is 0 Å². The minimum absolute atomic E-state index is 0.468. The fraction of sp³-hybridized carbons (Fsp3) is 0.857. The average molecular weight is 348 g/mol. The van der Waals surface area contributed by atoms with E-state index in [1.165, 1.54) is 12.3 Å². The predicted molar refractivity (Wildman–Crippen MR) is 72.0 cm³/mol. The van der Waals surface area contributed by atoms with Gasteiger partial charge >= 0.3 is 0 Å². The first-order valence-electron chi connectivity index (χ1n) is 7.73. The molecule has 3 aliphatic heterocycles. The molecule has 0 unspecified atom stereocenters. The van der Waals surface area contributed by atoms with Gasteiger partial charge in [0, 0.05) is 0 Å². The predicted octanol–water partition coefficient (Wildman–Crippen LogP) is -3.84. The molecule has 1 saturated carbocycles. The first-order chi connectivity index (χ1) is 11.4. The Morgan fingerprint density at radius 3 is 2.42 bits per heavy atom. The summed E-state index contributed by atoms with van der Waals surface area (Å²) in [5, 5.41) is 59.5. The molecule has 0 aromatic rings. The van der Waals surface area contributed by atoms with Crippen molar-refractivity contribution in [3.05, 3.63) is 12.3 Å². The second-order valence-electron chi connectivity index (χ2n) is 6.56. The van der Waals surface area contributed by atoms with E-state index in [9.17, 15) is 30.6 Å². The van der Waals surface area contributed by atoms with Gasteiger partial charge in [0.05, 0.1) is 24.9 Å². The molecule has 10 nitrogen and oxygen atoms in total. The van der Waals surface area contributed by atoms with Gasteiger partial charge in [-0.2, -0.15) is 0 Å². The highest BCUT2D eigenvalue weighted by atomic mass is 16.8. The number of aliphatic hydroxyl groups excluding tert-OH is 5. The van der Waals surface area contributed by atoms with Crippen molar-refractivity contribution >= 4 is 0 Å². The summed E-state index contributed by atoms with van der Waals surface area (Å²) in [4.78, 5) is 0. The van der Waals surface area contributed by atoms with Gasteiger partial charge in [0.2, 0.25) is 6.29 Å². The van der Waals surface area contributed by atoms with Gasteiger partial charge in [-0.3, -0.25) is 0 Å². The average Bonchev–Trinajstić information content (AvgIpc) is 3.30. The van der Waals surface area contributed by atoms with Crippen LogP contribution in [-0.4, -0.2) is 98.2 Å². The van der Waals surface area contributed by atoms with Gasteiger partial charge in [0.25, 0.3) is 0 Å². The number of hydrogen-bond acceptors (Lipinski definition) is 10. The lowest BCUT2D eigenvalue weighted by Crippen LogP contribution is -2.61. The Labute approximate surface area is 136 Å². The van der Waals surface area contributed by atoms with E-state index in [0.717, 1.165) is 0 Å². The van der Waals surface area contributed by atoms with Gasteiger partial charge in [-0.15, -0.1) is 0 Å². The summed E-state index contributed by atoms with van der Waals surface area (Å²) >= 11 is 0. The fourth-order valence-corrected chi connectivity index (χ4v) is 3.72. The summed E-state index contributed by atoms with van der Waals surface area (Å²) in [7, 11) is 0. The van der Waals surface area contributed by atoms with E-state index in [2.05, 4.69) is 0 Å². The van der Waals surface area contributed by atoms with Crippen LogP contribution in [-0.2, 0) is 18.9 Å². The molecule has 2 saturated heterocycles. The van der Waals surface area contributed by atoms with E-state index in [1.807, 2.05) is 0 Å². The number of ether oxygens (including phenoxy) is 4. The molecule has 11 atom stereocenters. The van der Waals surface area contributed by atoms with Crippen LogP contribution in [0.5, 0.6) is 0 Å². The van der Waals surface area contributed by atoms with Crippen molar-refractivity contribution in [1.82, 2.24) is 0 Å². The molecule has 10 heteroatoms. The van der Waals surface area contributed by atoms with Gasteiger partial charge in [0.1, 0.15) is 42.2 Å². The Kier molecular flexibility index (Phi) is 3.88. The van der Waals surface area contributed by atoms with Crippen LogP contribution in [0, 0.1) is 5.92 Å². The number of aliphatic hydroxyl groups is 6. The van der Waals surface area contributed by atoms with Crippen molar-refractivity contribution in [2.45, 2.75) is 60.9 Å². The second-order valence-corrected chi connectivity index (χ2v) is 6.56. The zero-order valence-corrected chi connectivity index (χ0v) is 12.5. The van der Waals surface area contributed by atoms with Crippen LogP contribution in [0.1, 0.15) is 0 Å². The Bertz CT molecular complexity index is 526. The summed E-state index contributed by atoms with van der Waals surface area (Å²) in [6, 6.07) is 0. The molecule has 0 aromatic carbocycles. The summed E-state index contributed by atoms with van der Waals surface area (Å²) in [6.07, 6.45) is -7.94. The van der Waals surface area contributed by atoms with Crippen molar-refractivity contribution in [3.63, 3.8) is 0 Å². The first-order valence-corrected chi connectivity index (χ1v) is 7.73. The number of hydrogen-bond donors (Lipinski definition) is 6. The van der Waals surface area contributed by atoms with E-state index in [0.29, 0.717) is 0 Å². The minimum atomic E-state index is -1.59. The molecule has 6 N–H and O–H groups in total. The van der Waals surface area contributed by atoms with Crippen molar-refractivity contribution in [2.75, 3.05) is 6.61 Å². The lowest BCUT2D eigenvalue weighted by Gasteiger charge is -2.44. The molecule has 0 spiro atoms. The fourth-order valence-electron chi connectivity index (χ4n) is 3.72. The van der Waals surface area contributed by atoms with Gasteiger partial charge in [-0.05, 0) is 6.08 Å². The van der Waals surface area contributed by atoms with Crippen molar-refractivity contribution < 1.29 is 49.6 Å². The standard InChI is InChI=1S/C14H20O10/c15-3-4-6(16)7(17)8(18)13(22-4)24-12-5-9-10(23-9)11(19)14(5,20)1-2-21-12/h1-2,4-13,15-20H,3H2/t4-,5+,6-,7-,8+,9-,10-,11-,12+,13+,14-/m1/s1. The number of epoxide rings is 1. The third-order valence-electron chi connectivity index (χ3n) is 5.19. The molecule has 136 valence electrons. The maximum atomic E-state index is 10.6. The van der Waals surface area contributed by atoms with Crippen LogP contribution in [0.4, 0.5) is 0 Å². The SMILES string of the molecule is OC[C@H]1O[C@@H](O[C@@H]2OC=C[C@@]3(O)[C@H]2[C@H]2O[C@H]2[C@H]3O)[C@@H](O)[C@H](O)[C@@H]1O. The Morgan fingerprint density at radius 2 is 1.71 bits per heavy atom. The number of rotatable bonds is 3. The van der Waals surface area contributed by atoms with Crippen LogP contribution in [0.3, 0.4) is 0 Å². The van der Waals surface area contributed by atoms with Crippen LogP contribution in [0.15, 0.2) is 12.3 Å². The van der Waals surface area contributed by atoms with Crippen LogP contribution >= 0.6 is 0 Å². The van der Waals surface area contributed by atoms with Gasteiger partial charge in [-0.1, -0.05) is 0 Å². The maximum absolute atomic E-state index is 10.6. The highest BCUT2D eigenvalue weighted by molar-refractivity contribution is 5.25. The lowest BCUT2D eigenvalue weighted by molar-refractivity contribution is -0.347. The Morgan fingerprint density at radius 1 is 0.958 bits per heavy atom. The largest absolute Gasteiger partial charge is 0.472 e. The van der Waals surface area contributed by atoms with Crippen molar-refractivity contribution in [3.8, 4) is 0 Å². The summed E-state index contributed by atoms with van der Waals surface area (Å²) in [5.74, 6) is -0.755. The lowest BCUT2D eigenvalue weighted by atomic mass is 9.86. The zero-order chi connectivity index (χ0) is 17.2. The van der Waals surface area contributed by atoms with Gasteiger partial charge < -0.3 is 49.6 Å². The quantitative estimate of drug-likeness (QED) is 0.279. The van der Waals surface area contributed by atoms with Crippen molar-refractivity contribution in [2.24, 2.45) is 5.92 Å². The highest BCUT2D eigenvalue weighted by Gasteiger charge is 2.72. The van der Waals surface area contributed by atoms with Gasteiger partial charge in [0.15, 0.2) is 6.29 Å². The maximum Gasteiger partial charge on any atom is 0.210 e. The number of fused-ring (bicyclic) bond motifs is 3. The Hall–Kier alpha value is -0.820. The van der Waals surface area contributed by atoms with E-state index < -0.39 is 73.4 Å². The van der Waals surface area contributed by atoms with E-state index in [-0.39, 0.29) is 0 Å². The smallest absolute Gasteiger partial charge is 0.210 e. The second kappa shape index (κ2) is 5.59. The third-order valence-corrected chi connectivity index (χ3v) is 5.19. The summed E-state index contributed by atoms with van der Waals surface area (Å²) in [5.41, 5.74) is -1.59. The molecular weight excluding hydrogens is 328 g/mol. The van der Waals surface area contributed by atoms with Crippen LogP contribution < -0.4 is 0 Å². The molecule has 3 fully saturated rings.